The highest BCUT2D eigenvalue weighted by Crippen LogP contribution is 2.30. The number of methoxy groups -OCH3 is 2. The number of hydrogen-bond donors (Lipinski definition) is 1. The SMILES string of the molecule is COc1cccc(C(=O)OCC(=O)NCC(C)C)c1OC. The van der Waals surface area contributed by atoms with Gasteiger partial charge in [0, 0.05) is 6.54 Å². The third kappa shape index (κ3) is 4.98. The molecule has 1 N–H and O–H groups in total. The Bertz CT molecular complexity index is 499. The molecule has 0 heterocycles. The van der Waals surface area contributed by atoms with Crippen LogP contribution in [0.2, 0.25) is 0 Å². The molecule has 21 heavy (non-hydrogen) atoms. The average Bonchev–Trinajstić information content (AvgIpc) is 2.49. The Morgan fingerprint density at radius 3 is 2.48 bits per heavy atom. The zero-order valence-electron chi connectivity index (χ0n) is 12.8. The second kappa shape index (κ2) is 8.14. The van der Waals surface area contributed by atoms with Gasteiger partial charge < -0.3 is 19.5 Å². The van der Waals surface area contributed by atoms with E-state index >= 15 is 0 Å². The molecule has 0 unspecified atom stereocenters. The van der Waals surface area contributed by atoms with Crippen LogP contribution in [0.5, 0.6) is 11.5 Å². The summed E-state index contributed by atoms with van der Waals surface area (Å²) >= 11 is 0. The van der Waals surface area contributed by atoms with E-state index in [4.69, 9.17) is 14.2 Å². The molecule has 1 rings (SSSR count). The van der Waals surface area contributed by atoms with Gasteiger partial charge in [0.15, 0.2) is 18.1 Å². The van der Waals surface area contributed by atoms with E-state index < -0.39 is 5.97 Å². The van der Waals surface area contributed by atoms with Gasteiger partial charge in [0.2, 0.25) is 0 Å². The van der Waals surface area contributed by atoms with Crippen molar-refractivity contribution < 1.29 is 23.8 Å². The van der Waals surface area contributed by atoms with Gasteiger partial charge in [0.25, 0.3) is 5.91 Å². The van der Waals surface area contributed by atoms with E-state index in [9.17, 15) is 9.59 Å². The zero-order valence-corrected chi connectivity index (χ0v) is 12.8. The lowest BCUT2D eigenvalue weighted by molar-refractivity contribution is -0.124. The number of para-hydroxylation sites is 1. The van der Waals surface area contributed by atoms with E-state index in [0.717, 1.165) is 0 Å². The number of hydrogen-bond acceptors (Lipinski definition) is 5. The van der Waals surface area contributed by atoms with Crippen molar-refractivity contribution in [2.45, 2.75) is 13.8 Å². The molecule has 6 heteroatoms. The Morgan fingerprint density at radius 1 is 1.19 bits per heavy atom. The van der Waals surface area contributed by atoms with Gasteiger partial charge in [-0.1, -0.05) is 19.9 Å². The fourth-order valence-corrected chi connectivity index (χ4v) is 1.63. The van der Waals surface area contributed by atoms with E-state index in [1.54, 1.807) is 18.2 Å². The van der Waals surface area contributed by atoms with Gasteiger partial charge in [-0.25, -0.2) is 4.79 Å². The van der Waals surface area contributed by atoms with Crippen molar-refractivity contribution in [2.75, 3.05) is 27.4 Å². The predicted octanol–water partition coefficient (Wildman–Crippen LogP) is 1.63. The van der Waals surface area contributed by atoms with Crippen molar-refractivity contribution in [3.63, 3.8) is 0 Å². The molecule has 116 valence electrons. The summed E-state index contributed by atoms with van der Waals surface area (Å²) in [5.74, 6) is 0.0799. The van der Waals surface area contributed by atoms with Crippen molar-refractivity contribution in [3.8, 4) is 11.5 Å². The van der Waals surface area contributed by atoms with Crippen molar-refractivity contribution in [2.24, 2.45) is 5.92 Å². The van der Waals surface area contributed by atoms with Crippen LogP contribution in [0.25, 0.3) is 0 Å². The van der Waals surface area contributed by atoms with Crippen LogP contribution < -0.4 is 14.8 Å². The predicted molar refractivity (Wildman–Crippen MR) is 77.7 cm³/mol. The molecule has 0 bridgehead atoms. The molecule has 0 saturated heterocycles. The number of benzene rings is 1. The third-order valence-electron chi connectivity index (χ3n) is 2.66. The Labute approximate surface area is 124 Å². The summed E-state index contributed by atoms with van der Waals surface area (Å²) in [5, 5.41) is 2.67. The summed E-state index contributed by atoms with van der Waals surface area (Å²) in [7, 11) is 2.91. The second-order valence-corrected chi connectivity index (χ2v) is 4.82. The first kappa shape index (κ1) is 16.8. The van der Waals surface area contributed by atoms with Crippen molar-refractivity contribution in [1.29, 1.82) is 0 Å². The molecule has 0 aromatic heterocycles. The number of nitrogens with one attached hydrogen (secondary N) is 1. The minimum Gasteiger partial charge on any atom is -0.493 e. The summed E-state index contributed by atoms with van der Waals surface area (Å²) in [5.41, 5.74) is 0.216. The van der Waals surface area contributed by atoms with Crippen LogP contribution in [0.15, 0.2) is 18.2 Å². The van der Waals surface area contributed by atoms with E-state index in [1.807, 2.05) is 13.8 Å². The van der Waals surface area contributed by atoms with Crippen LogP contribution in [0.3, 0.4) is 0 Å². The maximum Gasteiger partial charge on any atom is 0.342 e. The molecule has 0 radical (unpaired) electrons. The van der Waals surface area contributed by atoms with Crippen molar-refractivity contribution >= 4 is 11.9 Å². The van der Waals surface area contributed by atoms with Crippen LogP contribution in [0, 0.1) is 5.92 Å². The number of carbonyl (C=O) groups excluding carboxylic acids is 2. The van der Waals surface area contributed by atoms with Crippen LogP contribution in [-0.4, -0.2) is 39.2 Å². The van der Waals surface area contributed by atoms with Gasteiger partial charge in [-0.3, -0.25) is 4.79 Å². The Kier molecular flexibility index (Phi) is 6.52. The highest BCUT2D eigenvalue weighted by molar-refractivity contribution is 5.94. The van der Waals surface area contributed by atoms with Gasteiger partial charge in [0.1, 0.15) is 5.56 Å². The second-order valence-electron chi connectivity index (χ2n) is 4.82. The lowest BCUT2D eigenvalue weighted by Crippen LogP contribution is -2.31. The number of carbonyl (C=O) groups is 2. The number of rotatable bonds is 7. The van der Waals surface area contributed by atoms with E-state index in [-0.39, 0.29) is 23.8 Å². The molecule has 1 aromatic carbocycles. The third-order valence-corrected chi connectivity index (χ3v) is 2.66. The lowest BCUT2D eigenvalue weighted by Gasteiger charge is -2.12. The van der Waals surface area contributed by atoms with Crippen molar-refractivity contribution in [3.05, 3.63) is 23.8 Å². The Morgan fingerprint density at radius 2 is 1.90 bits per heavy atom. The molecule has 0 fully saturated rings. The molecule has 0 aliphatic heterocycles. The maximum absolute atomic E-state index is 12.0. The largest absolute Gasteiger partial charge is 0.493 e. The van der Waals surface area contributed by atoms with E-state index in [2.05, 4.69) is 5.32 Å². The van der Waals surface area contributed by atoms with E-state index in [0.29, 0.717) is 18.2 Å². The molecule has 0 aliphatic rings. The molecule has 0 saturated carbocycles. The van der Waals surface area contributed by atoms with Gasteiger partial charge in [-0.05, 0) is 18.1 Å². The minimum atomic E-state index is -0.634. The maximum atomic E-state index is 12.0. The normalized spacial score (nSPS) is 10.1. The lowest BCUT2D eigenvalue weighted by atomic mass is 10.2. The molecule has 0 spiro atoms. The number of esters is 1. The smallest absolute Gasteiger partial charge is 0.342 e. The highest BCUT2D eigenvalue weighted by Gasteiger charge is 2.18. The molecular weight excluding hydrogens is 274 g/mol. The van der Waals surface area contributed by atoms with Crippen LogP contribution in [0.1, 0.15) is 24.2 Å². The fourth-order valence-electron chi connectivity index (χ4n) is 1.63. The summed E-state index contributed by atoms with van der Waals surface area (Å²) in [6, 6.07) is 4.87. The van der Waals surface area contributed by atoms with E-state index in [1.165, 1.54) is 14.2 Å². The Balaban J connectivity index is 2.66. The molecule has 6 nitrogen and oxygen atoms in total. The quantitative estimate of drug-likeness (QED) is 0.774. The number of ether oxygens (including phenoxy) is 3. The van der Waals surface area contributed by atoms with Gasteiger partial charge in [-0.2, -0.15) is 0 Å². The molecular formula is C15H21NO5. The van der Waals surface area contributed by atoms with Gasteiger partial charge in [0.05, 0.1) is 14.2 Å². The first-order valence-electron chi connectivity index (χ1n) is 6.64. The molecule has 0 aliphatic carbocycles. The van der Waals surface area contributed by atoms with Crippen LogP contribution in [0.4, 0.5) is 0 Å². The van der Waals surface area contributed by atoms with Gasteiger partial charge >= 0.3 is 5.97 Å². The first-order valence-corrected chi connectivity index (χ1v) is 6.64. The van der Waals surface area contributed by atoms with Crippen molar-refractivity contribution in [1.82, 2.24) is 5.32 Å². The Hall–Kier alpha value is -2.24. The fraction of sp³-hybridized carbons (Fsp3) is 0.467. The molecule has 1 aromatic rings. The topological polar surface area (TPSA) is 73.9 Å². The zero-order chi connectivity index (χ0) is 15.8. The molecule has 0 atom stereocenters. The summed E-state index contributed by atoms with van der Waals surface area (Å²) in [6.07, 6.45) is 0. The summed E-state index contributed by atoms with van der Waals surface area (Å²) < 4.78 is 15.2. The minimum absolute atomic E-state index is 0.216. The highest BCUT2D eigenvalue weighted by atomic mass is 16.5. The monoisotopic (exact) mass is 295 g/mol. The van der Waals surface area contributed by atoms with Crippen LogP contribution >= 0.6 is 0 Å². The molecule has 1 amide bonds. The number of amides is 1. The average molecular weight is 295 g/mol. The first-order chi connectivity index (χ1) is 9.99. The van der Waals surface area contributed by atoms with Crippen LogP contribution in [-0.2, 0) is 9.53 Å². The summed E-state index contributed by atoms with van der Waals surface area (Å²) in [6.45, 7) is 4.17. The van der Waals surface area contributed by atoms with Gasteiger partial charge in [-0.15, -0.1) is 0 Å². The standard InChI is InChI=1S/C15H21NO5/c1-10(2)8-16-13(17)9-21-15(18)11-6-5-7-12(19-3)14(11)20-4/h5-7,10H,8-9H2,1-4H3,(H,16,17). The summed E-state index contributed by atoms with van der Waals surface area (Å²) in [4.78, 5) is 23.5.